The van der Waals surface area contributed by atoms with E-state index in [1.165, 1.54) is 16.4 Å². The van der Waals surface area contributed by atoms with Crippen LogP contribution in [0.25, 0.3) is 11.0 Å². The molecule has 0 spiro atoms. The van der Waals surface area contributed by atoms with Gasteiger partial charge in [-0.3, -0.25) is 4.79 Å². The van der Waals surface area contributed by atoms with Gasteiger partial charge < -0.3 is 14.5 Å². The maximum absolute atomic E-state index is 13.0. The Hall–Kier alpha value is -2.39. The van der Waals surface area contributed by atoms with E-state index in [9.17, 15) is 13.2 Å². The van der Waals surface area contributed by atoms with Gasteiger partial charge >= 0.3 is 0 Å². The van der Waals surface area contributed by atoms with Crippen LogP contribution in [0.3, 0.4) is 0 Å². The monoisotopic (exact) mass is 462 g/mol. The molecule has 0 radical (unpaired) electrons. The van der Waals surface area contributed by atoms with Gasteiger partial charge in [-0.25, -0.2) is 8.42 Å². The summed E-state index contributed by atoms with van der Waals surface area (Å²) < 4.78 is 38.7. The number of halogens is 1. The van der Waals surface area contributed by atoms with Gasteiger partial charge in [0.05, 0.1) is 22.1 Å². The molecule has 164 valence electrons. The van der Waals surface area contributed by atoms with Crippen LogP contribution in [-0.4, -0.2) is 43.9 Å². The number of hydrogen-bond donors (Lipinski definition) is 1. The lowest BCUT2D eigenvalue weighted by Crippen LogP contribution is -2.48. The van der Waals surface area contributed by atoms with Crippen molar-refractivity contribution in [3.63, 3.8) is 0 Å². The van der Waals surface area contributed by atoms with E-state index in [4.69, 9.17) is 20.8 Å². The van der Waals surface area contributed by atoms with E-state index in [2.05, 4.69) is 5.32 Å². The Balaban J connectivity index is 1.53. The summed E-state index contributed by atoms with van der Waals surface area (Å²) in [5.41, 5.74) is 1.60. The normalized spacial score (nSPS) is 20.1. The average Bonchev–Trinajstić information content (AvgIpc) is 3.06. The Morgan fingerprint density at radius 3 is 2.35 bits per heavy atom. The first-order valence-electron chi connectivity index (χ1n) is 9.91. The number of aryl methyl sites for hydroxylation is 1. The first kappa shape index (κ1) is 21.8. The molecule has 7 nitrogen and oxygen atoms in total. The second-order valence-electron chi connectivity index (χ2n) is 7.73. The molecular weight excluding hydrogens is 440 g/mol. The van der Waals surface area contributed by atoms with Gasteiger partial charge in [0.1, 0.15) is 0 Å². The molecule has 2 aromatic carbocycles. The van der Waals surface area contributed by atoms with Crippen molar-refractivity contribution in [3.05, 3.63) is 58.8 Å². The lowest BCUT2D eigenvalue weighted by atomic mass is 10.1. The number of anilines is 1. The number of carbonyl (C=O) groups is 1. The number of ether oxygens (including phenoxy) is 1. The average molecular weight is 463 g/mol. The first-order valence-corrected chi connectivity index (χ1v) is 11.7. The molecule has 2 atom stereocenters. The molecule has 0 saturated carbocycles. The number of nitrogens with zero attached hydrogens (tertiary/aromatic N) is 1. The molecule has 2 heterocycles. The Bertz CT molecular complexity index is 1230. The van der Waals surface area contributed by atoms with E-state index >= 15 is 0 Å². The van der Waals surface area contributed by atoms with Crippen LogP contribution in [0.4, 0.5) is 5.69 Å². The lowest BCUT2D eigenvalue weighted by molar-refractivity contribution is -0.0440. The minimum atomic E-state index is -3.65. The number of para-hydroxylation sites is 1. The van der Waals surface area contributed by atoms with Crippen molar-refractivity contribution in [2.75, 3.05) is 18.4 Å². The van der Waals surface area contributed by atoms with Crippen molar-refractivity contribution in [2.45, 2.75) is 37.9 Å². The zero-order valence-corrected chi connectivity index (χ0v) is 19.0. The molecule has 31 heavy (non-hydrogen) atoms. The van der Waals surface area contributed by atoms with Crippen molar-refractivity contribution in [1.82, 2.24) is 4.31 Å². The molecule has 4 rings (SSSR count). The summed E-state index contributed by atoms with van der Waals surface area (Å²) in [5, 5.41) is 3.95. The first-order chi connectivity index (χ1) is 14.7. The number of furan rings is 1. The second kappa shape index (κ2) is 8.27. The predicted octanol–water partition coefficient (Wildman–Crippen LogP) is 4.44. The highest BCUT2D eigenvalue weighted by molar-refractivity contribution is 7.89. The molecule has 1 aromatic heterocycles. The van der Waals surface area contributed by atoms with Gasteiger partial charge in [-0.2, -0.15) is 4.31 Å². The second-order valence-corrected chi connectivity index (χ2v) is 10.1. The predicted molar refractivity (Wildman–Crippen MR) is 119 cm³/mol. The Labute approximate surface area is 186 Å². The van der Waals surface area contributed by atoms with E-state index in [0.717, 1.165) is 5.39 Å². The fourth-order valence-electron chi connectivity index (χ4n) is 3.80. The van der Waals surface area contributed by atoms with E-state index in [1.807, 2.05) is 19.9 Å². The van der Waals surface area contributed by atoms with Crippen molar-refractivity contribution >= 4 is 44.2 Å². The topological polar surface area (TPSA) is 88.9 Å². The summed E-state index contributed by atoms with van der Waals surface area (Å²) in [7, 11) is -3.65. The van der Waals surface area contributed by atoms with Gasteiger partial charge in [0.25, 0.3) is 5.91 Å². The van der Waals surface area contributed by atoms with Crippen LogP contribution in [-0.2, 0) is 14.8 Å². The summed E-state index contributed by atoms with van der Waals surface area (Å²) in [4.78, 5) is 12.9. The van der Waals surface area contributed by atoms with E-state index < -0.39 is 15.9 Å². The zero-order chi connectivity index (χ0) is 22.3. The molecule has 1 amide bonds. The van der Waals surface area contributed by atoms with Gasteiger partial charge in [-0.05, 0) is 51.1 Å². The molecule has 9 heteroatoms. The van der Waals surface area contributed by atoms with Crippen LogP contribution in [0.1, 0.15) is 30.0 Å². The number of morpholine rings is 1. The van der Waals surface area contributed by atoms with Crippen molar-refractivity contribution in [1.29, 1.82) is 0 Å². The number of nitrogens with one attached hydrogen (secondary N) is 1. The number of fused-ring (bicyclic) bond motifs is 1. The largest absolute Gasteiger partial charge is 0.449 e. The SMILES string of the molecule is Cc1c(C(=O)Nc2ccc(S(=O)(=O)N3CC(C)OC(C)C3)cc2)oc2c(Cl)cccc12. The summed E-state index contributed by atoms with van der Waals surface area (Å²) in [5.74, 6) is -0.271. The number of amides is 1. The van der Waals surface area contributed by atoms with Gasteiger partial charge in [0.15, 0.2) is 11.3 Å². The summed E-state index contributed by atoms with van der Waals surface area (Å²) in [6.07, 6.45) is -0.338. The number of hydrogen-bond acceptors (Lipinski definition) is 5. The standard InChI is InChI=1S/C22H23ClN2O5S/c1-13-11-25(12-14(2)29-13)31(27,28)17-9-7-16(8-10-17)24-22(26)20-15(3)18-5-4-6-19(23)21(18)30-20/h4-10,13-14H,11-12H2,1-3H3,(H,24,26). The van der Waals surface area contributed by atoms with Crippen LogP contribution >= 0.6 is 11.6 Å². The third kappa shape index (κ3) is 4.21. The number of carbonyl (C=O) groups excluding carboxylic acids is 1. The quantitative estimate of drug-likeness (QED) is 0.619. The molecule has 1 aliphatic rings. The summed E-state index contributed by atoms with van der Waals surface area (Å²) >= 11 is 6.16. The zero-order valence-electron chi connectivity index (χ0n) is 17.4. The van der Waals surface area contributed by atoms with Crippen LogP contribution in [0, 0.1) is 6.92 Å². The summed E-state index contributed by atoms with van der Waals surface area (Å²) in [6.45, 7) is 6.10. The third-order valence-corrected chi connectivity index (χ3v) is 7.40. The van der Waals surface area contributed by atoms with E-state index in [-0.39, 0.29) is 22.9 Å². The van der Waals surface area contributed by atoms with Crippen LogP contribution in [0.15, 0.2) is 51.8 Å². The van der Waals surface area contributed by atoms with Crippen LogP contribution in [0.5, 0.6) is 0 Å². The highest BCUT2D eigenvalue weighted by Crippen LogP contribution is 2.31. The lowest BCUT2D eigenvalue weighted by Gasteiger charge is -2.34. The van der Waals surface area contributed by atoms with Crippen LogP contribution in [0.2, 0.25) is 5.02 Å². The highest BCUT2D eigenvalue weighted by Gasteiger charge is 2.32. The van der Waals surface area contributed by atoms with Crippen molar-refractivity contribution in [2.24, 2.45) is 0 Å². The summed E-state index contributed by atoms with van der Waals surface area (Å²) in [6, 6.07) is 11.4. The van der Waals surface area contributed by atoms with E-state index in [1.54, 1.807) is 31.2 Å². The molecule has 0 bridgehead atoms. The van der Waals surface area contributed by atoms with Crippen molar-refractivity contribution < 1.29 is 22.4 Å². The van der Waals surface area contributed by atoms with Gasteiger partial charge in [-0.1, -0.05) is 23.7 Å². The number of sulfonamides is 1. The Kier molecular flexibility index (Phi) is 5.83. The minimum absolute atomic E-state index is 0.163. The highest BCUT2D eigenvalue weighted by atomic mass is 35.5. The Morgan fingerprint density at radius 1 is 1.10 bits per heavy atom. The number of rotatable bonds is 4. The minimum Gasteiger partial charge on any atom is -0.449 e. The smallest absolute Gasteiger partial charge is 0.291 e. The molecule has 2 unspecified atom stereocenters. The molecular formula is C22H23ClN2O5S. The number of benzene rings is 2. The maximum atomic E-state index is 13.0. The van der Waals surface area contributed by atoms with Gasteiger partial charge in [0.2, 0.25) is 10.0 Å². The molecule has 1 aliphatic heterocycles. The van der Waals surface area contributed by atoms with E-state index in [0.29, 0.717) is 34.9 Å². The fourth-order valence-corrected chi connectivity index (χ4v) is 5.60. The molecule has 1 saturated heterocycles. The maximum Gasteiger partial charge on any atom is 0.291 e. The third-order valence-electron chi connectivity index (χ3n) is 5.26. The van der Waals surface area contributed by atoms with Gasteiger partial charge in [0, 0.05) is 29.7 Å². The molecule has 0 aliphatic carbocycles. The van der Waals surface area contributed by atoms with Crippen molar-refractivity contribution in [3.8, 4) is 0 Å². The Morgan fingerprint density at radius 2 is 1.74 bits per heavy atom. The van der Waals surface area contributed by atoms with Crippen LogP contribution < -0.4 is 5.32 Å². The molecule has 1 fully saturated rings. The molecule has 3 aromatic rings. The fraction of sp³-hybridized carbons (Fsp3) is 0.318. The van der Waals surface area contributed by atoms with Gasteiger partial charge in [-0.15, -0.1) is 0 Å². The molecule has 1 N–H and O–H groups in total.